The second kappa shape index (κ2) is 7.06. The Morgan fingerprint density at radius 3 is 2.20 bits per heavy atom. The van der Waals surface area contributed by atoms with E-state index in [1.807, 2.05) is 73.7 Å². The highest BCUT2D eigenvalue weighted by Gasteiger charge is 2.11. The first kappa shape index (κ1) is 14.5. The maximum absolute atomic E-state index is 12.1. The average Bonchev–Trinajstić information content (AvgIpc) is 2.49. The maximum atomic E-state index is 12.1. The van der Waals surface area contributed by atoms with Crippen LogP contribution in [0, 0.1) is 0 Å². The number of hydrogen-bond donors (Lipinski definition) is 1. The molecule has 0 saturated carbocycles. The van der Waals surface area contributed by atoms with Crippen molar-refractivity contribution in [3.8, 4) is 0 Å². The van der Waals surface area contributed by atoms with Gasteiger partial charge in [0.2, 0.25) is 0 Å². The van der Waals surface area contributed by atoms with Crippen molar-refractivity contribution >= 4 is 27.9 Å². The summed E-state index contributed by atoms with van der Waals surface area (Å²) in [6.07, 6.45) is 1.81. The average molecular weight is 330 g/mol. The van der Waals surface area contributed by atoms with E-state index in [0.717, 1.165) is 11.1 Å². The normalized spacial score (nSPS) is 12.8. The van der Waals surface area contributed by atoms with E-state index in [-0.39, 0.29) is 11.9 Å². The van der Waals surface area contributed by atoms with Gasteiger partial charge in [-0.15, -0.1) is 0 Å². The minimum atomic E-state index is -0.120. The summed E-state index contributed by atoms with van der Waals surface area (Å²) in [4.78, 5) is 12.1. The van der Waals surface area contributed by atoms with Crippen molar-refractivity contribution in [1.82, 2.24) is 5.32 Å². The summed E-state index contributed by atoms with van der Waals surface area (Å²) < 4.78 is 0.520. The van der Waals surface area contributed by atoms with Crippen LogP contribution in [0.1, 0.15) is 24.1 Å². The van der Waals surface area contributed by atoms with Crippen LogP contribution in [0.2, 0.25) is 0 Å². The summed E-state index contributed by atoms with van der Waals surface area (Å²) in [5.74, 6) is -0.120. The minimum absolute atomic E-state index is 0.0274. The van der Waals surface area contributed by atoms with Gasteiger partial charge in [0.25, 0.3) is 5.91 Å². The predicted octanol–water partition coefficient (Wildman–Crippen LogP) is 4.30. The van der Waals surface area contributed by atoms with E-state index < -0.39 is 0 Å². The van der Waals surface area contributed by atoms with Crippen molar-refractivity contribution < 1.29 is 4.79 Å². The topological polar surface area (TPSA) is 29.1 Å². The molecule has 0 aromatic heterocycles. The first-order chi connectivity index (χ1) is 9.66. The van der Waals surface area contributed by atoms with Gasteiger partial charge in [0.15, 0.2) is 0 Å². The van der Waals surface area contributed by atoms with Crippen molar-refractivity contribution in [2.75, 3.05) is 0 Å². The van der Waals surface area contributed by atoms with Gasteiger partial charge in [-0.25, -0.2) is 0 Å². The van der Waals surface area contributed by atoms with E-state index in [1.54, 1.807) is 0 Å². The first-order valence-corrected chi connectivity index (χ1v) is 7.24. The van der Waals surface area contributed by atoms with Crippen LogP contribution in [0.15, 0.2) is 65.1 Å². The highest BCUT2D eigenvalue weighted by atomic mass is 79.9. The number of carbonyl (C=O) groups excluding carboxylic acids is 1. The number of halogens is 1. The third kappa shape index (κ3) is 4.07. The maximum Gasteiger partial charge on any atom is 0.258 e. The molecule has 0 saturated heterocycles. The smallest absolute Gasteiger partial charge is 0.258 e. The van der Waals surface area contributed by atoms with Crippen LogP contribution in [0.3, 0.4) is 0 Å². The predicted molar refractivity (Wildman–Crippen MR) is 86.3 cm³/mol. The molecule has 2 aromatic carbocycles. The molecule has 1 amide bonds. The van der Waals surface area contributed by atoms with Crippen molar-refractivity contribution in [2.24, 2.45) is 0 Å². The van der Waals surface area contributed by atoms with Crippen LogP contribution < -0.4 is 5.32 Å². The fourth-order valence-electron chi connectivity index (χ4n) is 1.85. The lowest BCUT2D eigenvalue weighted by Crippen LogP contribution is -2.26. The summed E-state index contributed by atoms with van der Waals surface area (Å²) in [6.45, 7) is 1.97. The summed E-state index contributed by atoms with van der Waals surface area (Å²) in [5, 5.41) is 2.96. The van der Waals surface area contributed by atoms with Crippen LogP contribution >= 0.6 is 15.9 Å². The van der Waals surface area contributed by atoms with E-state index in [1.165, 1.54) is 0 Å². The Balaban J connectivity index is 2.03. The number of hydrogen-bond acceptors (Lipinski definition) is 1. The molecule has 3 heteroatoms. The Hall–Kier alpha value is -1.87. The van der Waals surface area contributed by atoms with E-state index in [9.17, 15) is 4.79 Å². The molecule has 20 heavy (non-hydrogen) atoms. The number of amides is 1. The molecule has 1 unspecified atom stereocenters. The molecule has 102 valence electrons. The molecule has 0 fully saturated rings. The van der Waals surface area contributed by atoms with Crippen molar-refractivity contribution in [1.29, 1.82) is 0 Å². The molecule has 0 aliphatic heterocycles. The van der Waals surface area contributed by atoms with Gasteiger partial charge in [-0.1, -0.05) is 60.7 Å². The Morgan fingerprint density at radius 1 is 1.05 bits per heavy atom. The Morgan fingerprint density at radius 2 is 1.60 bits per heavy atom. The van der Waals surface area contributed by atoms with Crippen molar-refractivity contribution in [3.63, 3.8) is 0 Å². The summed E-state index contributed by atoms with van der Waals surface area (Å²) in [6, 6.07) is 19.6. The molecule has 0 bridgehead atoms. The van der Waals surface area contributed by atoms with Gasteiger partial charge in [0.1, 0.15) is 0 Å². The van der Waals surface area contributed by atoms with Gasteiger partial charge in [0.05, 0.1) is 10.5 Å². The van der Waals surface area contributed by atoms with E-state index in [2.05, 4.69) is 21.2 Å². The van der Waals surface area contributed by atoms with Crippen molar-refractivity contribution in [2.45, 2.75) is 13.0 Å². The van der Waals surface area contributed by atoms with Gasteiger partial charge in [-0.3, -0.25) is 4.79 Å². The zero-order chi connectivity index (χ0) is 14.4. The van der Waals surface area contributed by atoms with Crippen LogP contribution in [0.4, 0.5) is 0 Å². The molecule has 0 aliphatic rings. The SMILES string of the molecule is CC(NC(=O)C(Br)=Cc1ccccc1)c1ccccc1. The molecular weight excluding hydrogens is 314 g/mol. The zero-order valence-corrected chi connectivity index (χ0v) is 12.8. The summed E-state index contributed by atoms with van der Waals surface area (Å²) in [7, 11) is 0. The van der Waals surface area contributed by atoms with Crippen molar-refractivity contribution in [3.05, 3.63) is 76.3 Å². The van der Waals surface area contributed by atoms with Gasteiger partial charge in [0, 0.05) is 0 Å². The number of rotatable bonds is 4. The molecule has 1 atom stereocenters. The zero-order valence-electron chi connectivity index (χ0n) is 11.2. The summed E-state index contributed by atoms with van der Waals surface area (Å²) in [5.41, 5.74) is 2.07. The van der Waals surface area contributed by atoms with E-state index in [0.29, 0.717) is 4.48 Å². The number of carbonyl (C=O) groups is 1. The van der Waals surface area contributed by atoms with Gasteiger partial charge in [-0.2, -0.15) is 0 Å². The molecule has 0 spiro atoms. The second-order valence-electron chi connectivity index (χ2n) is 4.51. The number of nitrogens with one attached hydrogen (secondary N) is 1. The first-order valence-electron chi connectivity index (χ1n) is 6.45. The number of benzene rings is 2. The second-order valence-corrected chi connectivity index (χ2v) is 5.36. The lowest BCUT2D eigenvalue weighted by Gasteiger charge is -2.13. The Bertz CT molecular complexity index is 593. The lowest BCUT2D eigenvalue weighted by atomic mass is 10.1. The van der Waals surface area contributed by atoms with Gasteiger partial charge in [-0.05, 0) is 40.1 Å². The quantitative estimate of drug-likeness (QED) is 0.832. The monoisotopic (exact) mass is 329 g/mol. The van der Waals surface area contributed by atoms with Crippen LogP contribution in [-0.2, 0) is 4.79 Å². The fraction of sp³-hybridized carbons (Fsp3) is 0.118. The Kier molecular flexibility index (Phi) is 5.13. The third-order valence-corrected chi connectivity index (χ3v) is 3.55. The molecule has 2 rings (SSSR count). The van der Waals surface area contributed by atoms with Gasteiger partial charge >= 0.3 is 0 Å². The molecule has 1 N–H and O–H groups in total. The largest absolute Gasteiger partial charge is 0.345 e. The lowest BCUT2D eigenvalue weighted by molar-refractivity contribution is -0.117. The van der Waals surface area contributed by atoms with E-state index >= 15 is 0 Å². The minimum Gasteiger partial charge on any atom is -0.345 e. The van der Waals surface area contributed by atoms with E-state index in [4.69, 9.17) is 0 Å². The molecule has 2 nitrogen and oxygen atoms in total. The Labute approximate surface area is 127 Å². The molecule has 0 aliphatic carbocycles. The molecule has 0 heterocycles. The van der Waals surface area contributed by atoms with Crippen LogP contribution in [0.5, 0.6) is 0 Å². The summed E-state index contributed by atoms with van der Waals surface area (Å²) >= 11 is 3.33. The highest BCUT2D eigenvalue weighted by molar-refractivity contribution is 9.12. The fourth-order valence-corrected chi connectivity index (χ4v) is 2.23. The molecule has 0 radical (unpaired) electrons. The third-order valence-electron chi connectivity index (χ3n) is 2.96. The molecule has 2 aromatic rings. The standard InChI is InChI=1S/C17H16BrNO/c1-13(15-10-6-3-7-11-15)19-17(20)16(18)12-14-8-4-2-5-9-14/h2-13H,1H3,(H,19,20). The molecular formula is C17H16BrNO. The van der Waals surface area contributed by atoms with Gasteiger partial charge < -0.3 is 5.32 Å². The van der Waals surface area contributed by atoms with Crippen LogP contribution in [-0.4, -0.2) is 5.91 Å². The highest BCUT2D eigenvalue weighted by Crippen LogP contribution is 2.16. The van der Waals surface area contributed by atoms with Crippen LogP contribution in [0.25, 0.3) is 6.08 Å².